The normalized spacial score (nSPS) is 12.4. The van der Waals surface area contributed by atoms with Crippen molar-refractivity contribution in [3.05, 3.63) is 11.6 Å². The van der Waals surface area contributed by atoms with E-state index in [1.807, 2.05) is 13.8 Å². The first-order valence-electron chi connectivity index (χ1n) is 5.66. The van der Waals surface area contributed by atoms with Gasteiger partial charge < -0.3 is 5.11 Å². The molecule has 1 N–H and O–H groups in total. The van der Waals surface area contributed by atoms with Crippen LogP contribution in [0.3, 0.4) is 0 Å². The lowest BCUT2D eigenvalue weighted by molar-refractivity contribution is 0.0720. The second-order valence-electron chi connectivity index (χ2n) is 5.36. The number of rotatable bonds is 5. The molecule has 84 valence electrons. The molecule has 0 bridgehead atoms. The molecule has 0 heterocycles. The zero-order chi connectivity index (χ0) is 11.4. The molecule has 0 amide bonds. The molecule has 14 heavy (non-hydrogen) atoms. The molecule has 0 unspecified atom stereocenters. The van der Waals surface area contributed by atoms with E-state index in [2.05, 4.69) is 33.8 Å². The van der Waals surface area contributed by atoms with Gasteiger partial charge in [0.05, 0.1) is 5.60 Å². The Morgan fingerprint density at radius 2 is 1.57 bits per heavy atom. The van der Waals surface area contributed by atoms with Crippen LogP contribution in [0.1, 0.15) is 54.4 Å². The Bertz CT molecular complexity index is 172. The summed E-state index contributed by atoms with van der Waals surface area (Å²) in [7, 11) is 0. The standard InChI is InChI=1S/C13H26O/c1-10(2)12(11(3)4)8-7-9-13(5,6)14/h8,10-11,14H,7,9H2,1-6H3. The lowest BCUT2D eigenvalue weighted by Crippen LogP contribution is -2.17. The Labute approximate surface area is 89.2 Å². The topological polar surface area (TPSA) is 20.2 Å². The Hall–Kier alpha value is -0.300. The van der Waals surface area contributed by atoms with Gasteiger partial charge in [0.1, 0.15) is 0 Å². The highest BCUT2D eigenvalue weighted by molar-refractivity contribution is 5.07. The average Bonchev–Trinajstić information content (AvgIpc) is 1.94. The molecule has 0 saturated heterocycles. The van der Waals surface area contributed by atoms with E-state index in [0.717, 1.165) is 12.8 Å². The van der Waals surface area contributed by atoms with Crippen molar-refractivity contribution in [1.82, 2.24) is 0 Å². The Kier molecular flexibility index (Phi) is 5.43. The van der Waals surface area contributed by atoms with Crippen molar-refractivity contribution in [2.75, 3.05) is 0 Å². The van der Waals surface area contributed by atoms with Crippen LogP contribution in [0.4, 0.5) is 0 Å². The molecular weight excluding hydrogens is 172 g/mol. The minimum Gasteiger partial charge on any atom is -0.390 e. The number of allylic oxidation sites excluding steroid dienone is 2. The van der Waals surface area contributed by atoms with E-state index in [1.54, 1.807) is 0 Å². The van der Waals surface area contributed by atoms with E-state index in [4.69, 9.17) is 0 Å². The molecule has 1 heteroatoms. The molecule has 1 nitrogen and oxygen atoms in total. The van der Waals surface area contributed by atoms with Gasteiger partial charge in [-0.25, -0.2) is 0 Å². The summed E-state index contributed by atoms with van der Waals surface area (Å²) in [5.41, 5.74) is 0.976. The summed E-state index contributed by atoms with van der Waals surface area (Å²) >= 11 is 0. The van der Waals surface area contributed by atoms with Crippen molar-refractivity contribution in [3.8, 4) is 0 Å². The summed E-state index contributed by atoms with van der Waals surface area (Å²) < 4.78 is 0. The van der Waals surface area contributed by atoms with Crippen LogP contribution in [0.2, 0.25) is 0 Å². The fourth-order valence-electron chi connectivity index (χ4n) is 1.73. The Morgan fingerprint density at radius 1 is 1.14 bits per heavy atom. The van der Waals surface area contributed by atoms with Gasteiger partial charge in [-0.15, -0.1) is 0 Å². The summed E-state index contributed by atoms with van der Waals surface area (Å²) in [5.74, 6) is 1.24. The molecule has 0 aromatic heterocycles. The van der Waals surface area contributed by atoms with Crippen LogP contribution < -0.4 is 0 Å². The molecule has 0 fully saturated rings. The zero-order valence-corrected chi connectivity index (χ0v) is 10.6. The van der Waals surface area contributed by atoms with E-state index in [1.165, 1.54) is 5.57 Å². The predicted octanol–water partition coefficient (Wildman–Crippen LogP) is 3.78. The van der Waals surface area contributed by atoms with Gasteiger partial charge in [0.25, 0.3) is 0 Å². The smallest absolute Gasteiger partial charge is 0.0594 e. The predicted molar refractivity (Wildman–Crippen MR) is 63.3 cm³/mol. The van der Waals surface area contributed by atoms with Gasteiger partial charge in [-0.1, -0.05) is 39.3 Å². The molecule has 0 rings (SSSR count). The van der Waals surface area contributed by atoms with Gasteiger partial charge in [0.15, 0.2) is 0 Å². The van der Waals surface area contributed by atoms with E-state index in [0.29, 0.717) is 11.8 Å². The van der Waals surface area contributed by atoms with Crippen LogP contribution in [-0.4, -0.2) is 10.7 Å². The van der Waals surface area contributed by atoms with Crippen LogP contribution in [0.25, 0.3) is 0 Å². The van der Waals surface area contributed by atoms with Crippen molar-refractivity contribution in [2.24, 2.45) is 11.8 Å². The lowest BCUT2D eigenvalue weighted by Gasteiger charge is -2.18. The quantitative estimate of drug-likeness (QED) is 0.667. The molecule has 0 saturated carbocycles. The van der Waals surface area contributed by atoms with Crippen LogP contribution in [-0.2, 0) is 0 Å². The molecule has 0 spiro atoms. The fraction of sp³-hybridized carbons (Fsp3) is 0.846. The van der Waals surface area contributed by atoms with Crippen molar-refractivity contribution >= 4 is 0 Å². The maximum atomic E-state index is 9.58. The molecule has 0 atom stereocenters. The van der Waals surface area contributed by atoms with E-state index >= 15 is 0 Å². The van der Waals surface area contributed by atoms with E-state index in [9.17, 15) is 5.11 Å². The van der Waals surface area contributed by atoms with Crippen molar-refractivity contribution in [2.45, 2.75) is 60.0 Å². The van der Waals surface area contributed by atoms with Gasteiger partial charge in [0, 0.05) is 0 Å². The number of hydrogen-bond donors (Lipinski definition) is 1. The van der Waals surface area contributed by atoms with Crippen LogP contribution in [0, 0.1) is 11.8 Å². The molecule has 0 aliphatic carbocycles. The van der Waals surface area contributed by atoms with Crippen LogP contribution >= 0.6 is 0 Å². The highest BCUT2D eigenvalue weighted by Gasteiger charge is 2.12. The highest BCUT2D eigenvalue weighted by atomic mass is 16.3. The summed E-state index contributed by atoms with van der Waals surface area (Å²) in [5, 5.41) is 9.58. The van der Waals surface area contributed by atoms with Gasteiger partial charge in [0.2, 0.25) is 0 Å². The van der Waals surface area contributed by atoms with E-state index in [-0.39, 0.29) is 0 Å². The van der Waals surface area contributed by atoms with E-state index < -0.39 is 5.60 Å². The summed E-state index contributed by atoms with van der Waals surface area (Å²) in [6.45, 7) is 12.7. The molecule has 0 aromatic rings. The Balaban J connectivity index is 4.19. The third-order valence-corrected chi connectivity index (χ3v) is 2.47. The monoisotopic (exact) mass is 198 g/mol. The maximum Gasteiger partial charge on any atom is 0.0594 e. The largest absolute Gasteiger partial charge is 0.390 e. The van der Waals surface area contributed by atoms with Crippen molar-refractivity contribution in [3.63, 3.8) is 0 Å². The number of aliphatic hydroxyl groups is 1. The minimum atomic E-state index is -0.532. The fourth-order valence-corrected chi connectivity index (χ4v) is 1.73. The maximum absolute atomic E-state index is 9.58. The first-order valence-corrected chi connectivity index (χ1v) is 5.66. The SMILES string of the molecule is CC(C)C(=CCCC(C)(C)O)C(C)C. The van der Waals surface area contributed by atoms with Gasteiger partial charge in [-0.2, -0.15) is 0 Å². The third-order valence-electron chi connectivity index (χ3n) is 2.47. The summed E-state index contributed by atoms with van der Waals surface area (Å²) in [4.78, 5) is 0. The molecule has 0 radical (unpaired) electrons. The summed E-state index contributed by atoms with van der Waals surface area (Å²) in [6, 6.07) is 0. The lowest BCUT2D eigenvalue weighted by atomic mass is 9.90. The van der Waals surface area contributed by atoms with Crippen LogP contribution in [0.15, 0.2) is 11.6 Å². The first-order chi connectivity index (χ1) is 6.24. The molecule has 0 aliphatic heterocycles. The second-order valence-corrected chi connectivity index (χ2v) is 5.36. The minimum absolute atomic E-state index is 0.532. The molecule has 0 aliphatic rings. The average molecular weight is 198 g/mol. The highest BCUT2D eigenvalue weighted by Crippen LogP contribution is 2.21. The zero-order valence-electron chi connectivity index (χ0n) is 10.6. The molecular formula is C13H26O. The van der Waals surface area contributed by atoms with Crippen molar-refractivity contribution in [1.29, 1.82) is 0 Å². The van der Waals surface area contributed by atoms with Crippen LogP contribution in [0.5, 0.6) is 0 Å². The third kappa shape index (κ3) is 6.20. The Morgan fingerprint density at radius 3 is 1.86 bits per heavy atom. The number of hydrogen-bond acceptors (Lipinski definition) is 1. The molecule has 0 aromatic carbocycles. The van der Waals surface area contributed by atoms with Gasteiger partial charge >= 0.3 is 0 Å². The van der Waals surface area contributed by atoms with Gasteiger partial charge in [-0.3, -0.25) is 0 Å². The first kappa shape index (κ1) is 13.7. The van der Waals surface area contributed by atoms with Gasteiger partial charge in [-0.05, 0) is 38.5 Å². The second kappa shape index (κ2) is 5.55. The summed E-state index contributed by atoms with van der Waals surface area (Å²) in [6.07, 6.45) is 4.12. The van der Waals surface area contributed by atoms with Crippen molar-refractivity contribution < 1.29 is 5.11 Å².